The summed E-state index contributed by atoms with van der Waals surface area (Å²) >= 11 is 1.94. The Kier molecular flexibility index (Phi) is 4.51. The molecule has 0 fully saturated rings. The van der Waals surface area contributed by atoms with Gasteiger partial charge in [0.25, 0.3) is 0 Å². The van der Waals surface area contributed by atoms with Crippen molar-refractivity contribution in [2.45, 2.75) is 25.9 Å². The van der Waals surface area contributed by atoms with Crippen molar-refractivity contribution in [3.63, 3.8) is 0 Å². The van der Waals surface area contributed by atoms with E-state index in [4.69, 9.17) is 0 Å². The molecule has 0 bridgehead atoms. The molecule has 3 heteroatoms. The number of fused-ring (bicyclic) bond motifs is 1. The monoisotopic (exact) mass is 286 g/mol. The second-order valence-electron chi connectivity index (χ2n) is 5.44. The molecule has 1 aromatic carbocycles. The third-order valence-corrected chi connectivity index (χ3v) is 5.03. The summed E-state index contributed by atoms with van der Waals surface area (Å²) in [7, 11) is 2.01. The maximum atomic E-state index is 3.22. The van der Waals surface area contributed by atoms with Crippen LogP contribution in [-0.2, 0) is 25.9 Å². The molecular weight excluding hydrogens is 264 g/mol. The topological polar surface area (TPSA) is 15.3 Å². The van der Waals surface area contributed by atoms with Gasteiger partial charge < -0.3 is 5.32 Å². The number of nitrogens with one attached hydrogen (secondary N) is 1. The van der Waals surface area contributed by atoms with Gasteiger partial charge in [-0.15, -0.1) is 11.3 Å². The van der Waals surface area contributed by atoms with Gasteiger partial charge >= 0.3 is 0 Å². The highest BCUT2D eigenvalue weighted by Crippen LogP contribution is 2.21. The summed E-state index contributed by atoms with van der Waals surface area (Å²) in [5.74, 6) is 0. The van der Waals surface area contributed by atoms with Gasteiger partial charge in [-0.05, 0) is 43.1 Å². The SMILES string of the molecule is CNCc1ccc(CN2CCc3ccccc3CC2)s1. The molecule has 1 N–H and O–H groups in total. The fourth-order valence-electron chi connectivity index (χ4n) is 2.87. The summed E-state index contributed by atoms with van der Waals surface area (Å²) in [6, 6.07) is 13.4. The van der Waals surface area contributed by atoms with Crippen LogP contribution >= 0.6 is 11.3 Å². The number of benzene rings is 1. The second-order valence-corrected chi connectivity index (χ2v) is 6.70. The Morgan fingerprint density at radius 2 is 1.65 bits per heavy atom. The van der Waals surface area contributed by atoms with Crippen molar-refractivity contribution in [2.75, 3.05) is 20.1 Å². The van der Waals surface area contributed by atoms with Crippen molar-refractivity contribution in [3.8, 4) is 0 Å². The predicted octanol–water partition coefficient (Wildman–Crippen LogP) is 3.07. The first-order valence-corrected chi connectivity index (χ1v) is 8.18. The largest absolute Gasteiger partial charge is 0.315 e. The Labute approximate surface area is 125 Å². The zero-order valence-corrected chi connectivity index (χ0v) is 12.9. The molecule has 20 heavy (non-hydrogen) atoms. The first kappa shape index (κ1) is 13.8. The van der Waals surface area contributed by atoms with Crippen molar-refractivity contribution >= 4 is 11.3 Å². The van der Waals surface area contributed by atoms with Crippen LogP contribution in [0.5, 0.6) is 0 Å². The minimum Gasteiger partial charge on any atom is -0.315 e. The molecule has 0 radical (unpaired) electrons. The van der Waals surface area contributed by atoms with Gasteiger partial charge in [0.05, 0.1) is 0 Å². The van der Waals surface area contributed by atoms with Crippen molar-refractivity contribution in [3.05, 3.63) is 57.3 Å². The highest BCUT2D eigenvalue weighted by atomic mass is 32.1. The summed E-state index contributed by atoms with van der Waals surface area (Å²) in [6.45, 7) is 4.44. The van der Waals surface area contributed by atoms with E-state index in [9.17, 15) is 0 Å². The maximum Gasteiger partial charge on any atom is 0.0328 e. The number of thiophene rings is 1. The smallest absolute Gasteiger partial charge is 0.0328 e. The first-order chi connectivity index (χ1) is 9.85. The normalized spacial score (nSPS) is 15.8. The highest BCUT2D eigenvalue weighted by Gasteiger charge is 2.14. The zero-order chi connectivity index (χ0) is 13.8. The van der Waals surface area contributed by atoms with Crippen molar-refractivity contribution in [2.24, 2.45) is 0 Å². The van der Waals surface area contributed by atoms with Crippen LogP contribution < -0.4 is 5.32 Å². The van der Waals surface area contributed by atoms with E-state index in [1.807, 2.05) is 18.4 Å². The molecule has 0 saturated carbocycles. The number of rotatable bonds is 4. The number of nitrogens with zero attached hydrogens (tertiary/aromatic N) is 1. The van der Waals surface area contributed by atoms with Crippen molar-refractivity contribution in [1.82, 2.24) is 10.2 Å². The minimum absolute atomic E-state index is 0.982. The first-order valence-electron chi connectivity index (χ1n) is 7.36. The molecule has 2 aromatic rings. The van der Waals surface area contributed by atoms with Gasteiger partial charge in [0.15, 0.2) is 0 Å². The van der Waals surface area contributed by atoms with E-state index in [0.29, 0.717) is 0 Å². The minimum atomic E-state index is 0.982. The lowest BCUT2D eigenvalue weighted by atomic mass is 10.0. The van der Waals surface area contributed by atoms with Crippen molar-refractivity contribution < 1.29 is 0 Å². The Morgan fingerprint density at radius 3 is 2.30 bits per heavy atom. The molecule has 0 atom stereocenters. The van der Waals surface area contributed by atoms with Crippen LogP contribution in [0.1, 0.15) is 20.9 Å². The number of hydrogen-bond acceptors (Lipinski definition) is 3. The number of hydrogen-bond donors (Lipinski definition) is 1. The standard InChI is InChI=1S/C17H22N2S/c1-18-12-16-6-7-17(20-16)13-19-10-8-14-4-2-3-5-15(14)9-11-19/h2-7,18H,8-13H2,1H3. The molecule has 106 valence electrons. The van der Waals surface area contributed by atoms with E-state index >= 15 is 0 Å². The molecule has 0 spiro atoms. The zero-order valence-electron chi connectivity index (χ0n) is 12.1. The van der Waals surface area contributed by atoms with Crippen LogP contribution in [0.4, 0.5) is 0 Å². The third kappa shape index (κ3) is 3.29. The molecule has 2 nitrogen and oxygen atoms in total. The molecule has 0 aliphatic carbocycles. The van der Waals surface area contributed by atoms with Gasteiger partial charge in [-0.2, -0.15) is 0 Å². The lowest BCUT2D eigenvalue weighted by Gasteiger charge is -2.18. The Morgan fingerprint density at radius 1 is 1.00 bits per heavy atom. The predicted molar refractivity (Wildman–Crippen MR) is 86.2 cm³/mol. The summed E-state index contributed by atoms with van der Waals surface area (Å²) in [4.78, 5) is 5.51. The van der Waals surface area contributed by atoms with E-state index in [-0.39, 0.29) is 0 Å². The molecule has 2 heterocycles. The Balaban J connectivity index is 1.62. The molecule has 0 unspecified atom stereocenters. The van der Waals surface area contributed by atoms with Crippen molar-refractivity contribution in [1.29, 1.82) is 0 Å². The van der Waals surface area contributed by atoms with Crippen LogP contribution in [0.3, 0.4) is 0 Å². The van der Waals surface area contributed by atoms with Crippen LogP contribution in [0.25, 0.3) is 0 Å². The average Bonchev–Trinajstić information content (AvgIpc) is 2.80. The fraction of sp³-hybridized carbons (Fsp3) is 0.412. The molecule has 0 saturated heterocycles. The summed E-state index contributed by atoms with van der Waals surface area (Å²) in [6.07, 6.45) is 2.37. The molecule has 1 aliphatic rings. The fourth-order valence-corrected chi connectivity index (χ4v) is 3.94. The third-order valence-electron chi connectivity index (χ3n) is 3.96. The summed E-state index contributed by atoms with van der Waals surface area (Å²) < 4.78 is 0. The van der Waals surface area contributed by atoms with Crippen LogP contribution in [0.2, 0.25) is 0 Å². The Bertz CT molecular complexity index is 535. The molecule has 1 aromatic heterocycles. The summed E-state index contributed by atoms with van der Waals surface area (Å²) in [5, 5.41) is 3.22. The van der Waals surface area contributed by atoms with Gasteiger partial charge in [-0.3, -0.25) is 4.90 Å². The van der Waals surface area contributed by atoms with Gasteiger partial charge in [0.2, 0.25) is 0 Å². The average molecular weight is 286 g/mol. The van der Waals surface area contributed by atoms with E-state index < -0.39 is 0 Å². The Hall–Kier alpha value is -1.16. The van der Waals surface area contributed by atoms with E-state index in [1.165, 1.54) is 46.8 Å². The second kappa shape index (κ2) is 6.53. The van der Waals surface area contributed by atoms with Gasteiger partial charge in [-0.25, -0.2) is 0 Å². The van der Waals surface area contributed by atoms with Gasteiger partial charge in [0.1, 0.15) is 0 Å². The van der Waals surface area contributed by atoms with Crippen LogP contribution in [0.15, 0.2) is 36.4 Å². The lowest BCUT2D eigenvalue weighted by Crippen LogP contribution is -2.25. The summed E-state index contributed by atoms with van der Waals surface area (Å²) in [5.41, 5.74) is 3.08. The maximum absolute atomic E-state index is 3.22. The van der Waals surface area contributed by atoms with Gasteiger partial charge in [0, 0.05) is 35.9 Å². The molecule has 0 amide bonds. The van der Waals surface area contributed by atoms with E-state index in [1.54, 1.807) is 0 Å². The van der Waals surface area contributed by atoms with Gasteiger partial charge in [-0.1, -0.05) is 24.3 Å². The molecule has 3 rings (SSSR count). The quantitative estimate of drug-likeness (QED) is 0.929. The highest BCUT2D eigenvalue weighted by molar-refractivity contribution is 7.11. The lowest BCUT2D eigenvalue weighted by molar-refractivity contribution is 0.282. The molecule has 1 aliphatic heterocycles. The van der Waals surface area contributed by atoms with Crippen LogP contribution in [-0.4, -0.2) is 25.0 Å². The van der Waals surface area contributed by atoms with Crippen LogP contribution in [0, 0.1) is 0 Å². The van der Waals surface area contributed by atoms with E-state index in [0.717, 1.165) is 13.1 Å². The van der Waals surface area contributed by atoms with E-state index in [2.05, 4.69) is 46.6 Å². The molecular formula is C17H22N2S.